The Morgan fingerprint density at radius 3 is 1.35 bits per heavy atom. The number of fused-ring (bicyclic) bond motifs is 2. The molecule has 0 unspecified atom stereocenters. The van der Waals surface area contributed by atoms with Gasteiger partial charge in [0.15, 0.2) is 11.6 Å². The van der Waals surface area contributed by atoms with Gasteiger partial charge in [-0.2, -0.15) is 10.2 Å². The maximum atomic E-state index is 13.4. The molecule has 2 amide bonds. The minimum Gasteiger partial charge on any atom is -0.497 e. The van der Waals surface area contributed by atoms with Crippen LogP contribution >= 0.6 is 0 Å². The van der Waals surface area contributed by atoms with Gasteiger partial charge in [-0.1, -0.05) is 27.7 Å². The van der Waals surface area contributed by atoms with Crippen molar-refractivity contribution in [2.75, 3.05) is 40.4 Å². The van der Waals surface area contributed by atoms with Crippen molar-refractivity contribution in [2.45, 2.75) is 67.5 Å². The molecule has 0 aliphatic heterocycles. The van der Waals surface area contributed by atoms with Crippen LogP contribution < -0.4 is 9.47 Å². The first-order valence-corrected chi connectivity index (χ1v) is 16.7. The topological polar surface area (TPSA) is 129 Å². The summed E-state index contributed by atoms with van der Waals surface area (Å²) in [6, 6.07) is 10.8. The number of Topliss-reactive ketones (excluding diaryl/α,β-unsaturated/α-hetero) is 2. The molecule has 2 heterocycles. The number of amides is 2. The summed E-state index contributed by atoms with van der Waals surface area (Å²) in [4.78, 5) is 56.2. The van der Waals surface area contributed by atoms with Crippen LogP contribution in [0.4, 0.5) is 0 Å². The minimum absolute atomic E-state index is 0.00757. The molecule has 0 atom stereocenters. The molecule has 0 saturated carbocycles. The van der Waals surface area contributed by atoms with Crippen molar-refractivity contribution in [3.05, 3.63) is 47.8 Å². The van der Waals surface area contributed by atoms with E-state index in [1.54, 1.807) is 57.6 Å². The highest BCUT2D eigenvalue weighted by Crippen LogP contribution is 2.27. The monoisotopic (exact) mass is 660 g/mol. The molecule has 0 bridgehead atoms. The summed E-state index contributed by atoms with van der Waals surface area (Å²) in [5.74, 6) is 0.398. The zero-order valence-electron chi connectivity index (χ0n) is 29.4. The van der Waals surface area contributed by atoms with Gasteiger partial charge in [0.25, 0.3) is 0 Å². The van der Waals surface area contributed by atoms with Crippen molar-refractivity contribution >= 4 is 45.2 Å². The molecule has 4 aromatic rings. The lowest BCUT2D eigenvalue weighted by Gasteiger charge is -2.23. The van der Waals surface area contributed by atoms with Crippen molar-refractivity contribution in [1.82, 2.24) is 29.4 Å². The molecule has 48 heavy (non-hydrogen) atoms. The van der Waals surface area contributed by atoms with E-state index in [2.05, 4.69) is 10.2 Å². The Kier molecular flexibility index (Phi) is 12.0. The highest BCUT2D eigenvalue weighted by atomic mass is 16.5. The molecule has 0 aliphatic rings. The quantitative estimate of drug-likeness (QED) is 0.111. The van der Waals surface area contributed by atoms with Crippen LogP contribution in [0.25, 0.3) is 21.8 Å². The summed E-state index contributed by atoms with van der Waals surface area (Å²) in [6.45, 7) is 13.2. The molecule has 0 fully saturated rings. The average Bonchev–Trinajstić information content (AvgIpc) is 3.62. The number of carbonyl (C=O) groups excluding carboxylic acids is 4. The zero-order valence-corrected chi connectivity index (χ0v) is 29.4. The highest BCUT2D eigenvalue weighted by molar-refractivity contribution is 6.08. The fourth-order valence-electron chi connectivity index (χ4n) is 5.69. The third-order valence-corrected chi connectivity index (χ3v) is 8.58. The summed E-state index contributed by atoms with van der Waals surface area (Å²) in [5, 5.41) is 10.5. The summed E-state index contributed by atoms with van der Waals surface area (Å²) in [5.41, 5.74) is 2.05. The van der Waals surface area contributed by atoms with E-state index >= 15 is 0 Å². The molecule has 2 aromatic heterocycles. The Morgan fingerprint density at radius 2 is 1.04 bits per heavy atom. The lowest BCUT2D eigenvalue weighted by atomic mass is 10.0. The van der Waals surface area contributed by atoms with Crippen molar-refractivity contribution in [2.24, 2.45) is 11.8 Å². The van der Waals surface area contributed by atoms with Crippen LogP contribution in [0.3, 0.4) is 0 Å². The van der Waals surface area contributed by atoms with Crippen LogP contribution in [-0.2, 0) is 22.7 Å². The second-order valence-electron chi connectivity index (χ2n) is 12.5. The summed E-state index contributed by atoms with van der Waals surface area (Å²) in [7, 11) is 3.14. The predicted molar refractivity (Wildman–Crippen MR) is 185 cm³/mol. The number of benzene rings is 2. The standard InChI is InChI=1S/C36H48N6O6/c1-9-39(31(43)21-41-29-19-25(47-7)13-15-27(29)33(37-41)35(45)23(3)4)17-11-12-18-40(10-2)32(44)22-42-30-20-26(48-8)14-16-28(30)34(38-42)36(46)24(5)6/h13-16,19-20,23-24H,9-12,17-18,21-22H2,1-8H3. The molecule has 0 N–H and O–H groups in total. The second-order valence-corrected chi connectivity index (χ2v) is 12.5. The number of ketones is 2. The second kappa shape index (κ2) is 15.9. The number of likely N-dealkylation sites (N-methyl/N-ethyl adjacent to an activating group) is 2. The summed E-state index contributed by atoms with van der Waals surface area (Å²) >= 11 is 0. The van der Waals surface area contributed by atoms with Gasteiger partial charge in [-0.25, -0.2) is 0 Å². The maximum Gasteiger partial charge on any atom is 0.244 e. The van der Waals surface area contributed by atoms with Crippen molar-refractivity contribution in [3.63, 3.8) is 0 Å². The van der Waals surface area contributed by atoms with Gasteiger partial charge >= 0.3 is 0 Å². The normalized spacial score (nSPS) is 11.5. The van der Waals surface area contributed by atoms with Crippen LogP contribution in [-0.4, -0.2) is 93.1 Å². The van der Waals surface area contributed by atoms with Crippen molar-refractivity contribution in [3.8, 4) is 11.5 Å². The van der Waals surface area contributed by atoms with E-state index in [0.717, 1.165) is 0 Å². The van der Waals surface area contributed by atoms with E-state index in [-0.39, 0.29) is 48.3 Å². The number of nitrogens with zero attached hydrogens (tertiary/aromatic N) is 6. The number of aromatic nitrogens is 4. The SMILES string of the molecule is CCN(CCCCN(CC)C(=O)Cn1nc(C(=O)C(C)C)c2ccc(OC)cc21)C(=O)Cn1nc(C(=O)C(C)C)c2ccc(OC)cc21. The maximum absolute atomic E-state index is 13.4. The first kappa shape index (κ1) is 36.1. The largest absolute Gasteiger partial charge is 0.497 e. The molecule has 258 valence electrons. The number of ether oxygens (including phenoxy) is 2. The fraction of sp³-hybridized carbons (Fsp3) is 0.500. The first-order chi connectivity index (χ1) is 22.9. The van der Waals surface area contributed by atoms with Gasteiger partial charge < -0.3 is 19.3 Å². The van der Waals surface area contributed by atoms with E-state index < -0.39 is 0 Å². The number of methoxy groups -OCH3 is 2. The number of hydrogen-bond acceptors (Lipinski definition) is 8. The Bertz CT molecular complexity index is 1660. The van der Waals surface area contributed by atoms with Gasteiger partial charge in [0.2, 0.25) is 11.8 Å². The van der Waals surface area contributed by atoms with Gasteiger partial charge in [0.05, 0.1) is 25.3 Å². The van der Waals surface area contributed by atoms with E-state index in [0.29, 0.717) is 83.7 Å². The lowest BCUT2D eigenvalue weighted by molar-refractivity contribution is -0.133. The van der Waals surface area contributed by atoms with Crippen LogP contribution in [0.2, 0.25) is 0 Å². The van der Waals surface area contributed by atoms with Gasteiger partial charge in [0, 0.05) is 60.9 Å². The molecule has 12 nitrogen and oxygen atoms in total. The molecule has 2 aromatic carbocycles. The van der Waals surface area contributed by atoms with Crippen LogP contribution in [0, 0.1) is 11.8 Å². The van der Waals surface area contributed by atoms with E-state index in [9.17, 15) is 19.2 Å². The molecular weight excluding hydrogens is 612 g/mol. The molecule has 4 rings (SSSR count). The third kappa shape index (κ3) is 7.86. The van der Waals surface area contributed by atoms with E-state index in [4.69, 9.17) is 9.47 Å². The van der Waals surface area contributed by atoms with Gasteiger partial charge in [-0.05, 0) is 51.0 Å². The lowest BCUT2D eigenvalue weighted by Crippen LogP contribution is -2.37. The molecule has 0 radical (unpaired) electrons. The molecule has 0 saturated heterocycles. The number of unbranched alkanes of at least 4 members (excludes halogenated alkanes) is 1. The zero-order chi connectivity index (χ0) is 35.1. The predicted octanol–water partition coefficient (Wildman–Crippen LogP) is 5.26. The van der Waals surface area contributed by atoms with Crippen molar-refractivity contribution in [1.29, 1.82) is 0 Å². The van der Waals surface area contributed by atoms with Gasteiger partial charge in [-0.3, -0.25) is 28.5 Å². The molecule has 0 aliphatic carbocycles. The third-order valence-electron chi connectivity index (χ3n) is 8.58. The smallest absolute Gasteiger partial charge is 0.244 e. The summed E-state index contributed by atoms with van der Waals surface area (Å²) in [6.07, 6.45) is 1.39. The Balaban J connectivity index is 1.40. The summed E-state index contributed by atoms with van der Waals surface area (Å²) < 4.78 is 13.9. The van der Waals surface area contributed by atoms with Crippen LogP contribution in [0.15, 0.2) is 36.4 Å². The van der Waals surface area contributed by atoms with Crippen LogP contribution in [0.1, 0.15) is 75.4 Å². The fourth-order valence-corrected chi connectivity index (χ4v) is 5.69. The number of rotatable bonds is 17. The average molecular weight is 661 g/mol. The Hall–Kier alpha value is -4.74. The molecular formula is C36H48N6O6. The van der Waals surface area contributed by atoms with Gasteiger partial charge in [0.1, 0.15) is 36.0 Å². The number of hydrogen-bond donors (Lipinski definition) is 0. The number of carbonyl (C=O) groups is 4. The Labute approximate surface area is 281 Å². The van der Waals surface area contributed by atoms with Crippen molar-refractivity contribution < 1.29 is 28.7 Å². The Morgan fingerprint density at radius 1 is 0.667 bits per heavy atom. The minimum atomic E-state index is -0.231. The van der Waals surface area contributed by atoms with Gasteiger partial charge in [-0.15, -0.1) is 0 Å². The molecule has 12 heteroatoms. The first-order valence-electron chi connectivity index (χ1n) is 16.7. The molecule has 0 spiro atoms. The highest BCUT2D eigenvalue weighted by Gasteiger charge is 2.24. The van der Waals surface area contributed by atoms with Crippen LogP contribution in [0.5, 0.6) is 11.5 Å². The van der Waals surface area contributed by atoms with E-state index in [1.165, 1.54) is 0 Å². The van der Waals surface area contributed by atoms with E-state index in [1.807, 2.05) is 53.7 Å².